The van der Waals surface area contributed by atoms with Gasteiger partial charge in [0.05, 0.1) is 0 Å². The Morgan fingerprint density at radius 3 is 1.94 bits per heavy atom. The summed E-state index contributed by atoms with van der Waals surface area (Å²) in [6.07, 6.45) is 5.33. The molecule has 92 valence electrons. The van der Waals surface area contributed by atoms with Crippen molar-refractivity contribution < 1.29 is 49.7 Å². The van der Waals surface area contributed by atoms with Crippen LogP contribution in [0, 0.1) is 6.42 Å². The third-order valence-electron chi connectivity index (χ3n) is 1.67. The molecule has 0 aromatic rings. The first-order valence-electron chi connectivity index (χ1n) is 5.34. The molecule has 0 saturated heterocycles. The molecule has 0 spiro atoms. The van der Waals surface area contributed by atoms with E-state index in [0.717, 1.165) is 6.42 Å². The summed E-state index contributed by atoms with van der Waals surface area (Å²) in [4.78, 5) is 9.45. The minimum Gasteiger partial charge on any atom is -0.479 e. The van der Waals surface area contributed by atoms with Crippen LogP contribution in [0.2, 0.25) is 0 Å². The summed E-state index contributed by atoms with van der Waals surface area (Å²) in [5.41, 5.74) is 0. The van der Waals surface area contributed by atoms with Crippen molar-refractivity contribution in [3.63, 3.8) is 0 Å². The predicted octanol–water partition coefficient (Wildman–Crippen LogP) is -1.39. The van der Waals surface area contributed by atoms with E-state index >= 15 is 0 Å². The number of aliphatic carboxylic acids is 1. The standard InChI is InChI=1S/C8H17O.C3H6O3.Na/c1-3-4-5-6-7-8(2)9;1-2(4)3(5)6;/h7-9H,3-6H2,1-2H3;2,4H,1H3,(H,5,6);/q-1;;+1. The van der Waals surface area contributed by atoms with Crippen LogP contribution in [0.15, 0.2) is 0 Å². The predicted molar refractivity (Wildman–Crippen MR) is 59.4 cm³/mol. The zero-order valence-electron chi connectivity index (χ0n) is 10.8. The van der Waals surface area contributed by atoms with Gasteiger partial charge in [-0.2, -0.15) is 6.42 Å². The summed E-state index contributed by atoms with van der Waals surface area (Å²) in [7, 11) is 0. The summed E-state index contributed by atoms with van der Waals surface area (Å²) in [5, 5.41) is 24.6. The number of carboxylic acid groups (broad SMARTS) is 1. The van der Waals surface area contributed by atoms with Gasteiger partial charge in [0.25, 0.3) is 0 Å². The number of hydrogen-bond donors (Lipinski definition) is 3. The minimum absolute atomic E-state index is 0. The number of carbonyl (C=O) groups is 1. The molecule has 3 N–H and O–H groups in total. The van der Waals surface area contributed by atoms with E-state index < -0.39 is 12.1 Å². The fourth-order valence-electron chi connectivity index (χ4n) is 0.753. The van der Waals surface area contributed by atoms with Crippen molar-refractivity contribution >= 4 is 5.97 Å². The smallest absolute Gasteiger partial charge is 0.479 e. The quantitative estimate of drug-likeness (QED) is 0.304. The van der Waals surface area contributed by atoms with Crippen LogP contribution in [0.1, 0.15) is 46.5 Å². The van der Waals surface area contributed by atoms with Gasteiger partial charge in [-0.3, -0.25) is 0 Å². The number of unbranched alkanes of at least 4 members (excludes halogenated alkanes) is 3. The van der Waals surface area contributed by atoms with E-state index in [-0.39, 0.29) is 35.7 Å². The molecular formula is C11H23NaO4. The van der Waals surface area contributed by atoms with Gasteiger partial charge in [-0.25, -0.2) is 4.79 Å². The second-order valence-electron chi connectivity index (χ2n) is 3.49. The van der Waals surface area contributed by atoms with Gasteiger partial charge in [-0.15, -0.1) is 0 Å². The van der Waals surface area contributed by atoms with E-state index in [2.05, 4.69) is 6.92 Å². The van der Waals surface area contributed by atoms with E-state index in [1.165, 1.54) is 26.2 Å². The second kappa shape index (κ2) is 15.4. The Hall–Kier alpha value is 0.390. The normalized spacial score (nSPS) is 12.8. The summed E-state index contributed by atoms with van der Waals surface area (Å²) < 4.78 is 0. The monoisotopic (exact) mass is 242 g/mol. The Morgan fingerprint density at radius 2 is 1.69 bits per heavy atom. The van der Waals surface area contributed by atoms with Gasteiger partial charge in [-0.1, -0.05) is 39.2 Å². The zero-order chi connectivity index (χ0) is 12.3. The summed E-state index contributed by atoms with van der Waals surface area (Å²) in [6, 6.07) is 0. The minimum atomic E-state index is -1.23. The Kier molecular flexibility index (Phi) is 20.8. The van der Waals surface area contributed by atoms with Gasteiger partial charge in [0, 0.05) is 0 Å². The first-order valence-corrected chi connectivity index (χ1v) is 5.34. The van der Waals surface area contributed by atoms with Crippen molar-refractivity contribution in [1.29, 1.82) is 0 Å². The summed E-state index contributed by atoms with van der Waals surface area (Å²) in [6.45, 7) is 5.18. The number of hydrogen-bond acceptors (Lipinski definition) is 3. The molecule has 0 aliphatic heterocycles. The number of aliphatic hydroxyl groups is 2. The summed E-state index contributed by atoms with van der Waals surface area (Å²) >= 11 is 0. The second-order valence-corrected chi connectivity index (χ2v) is 3.49. The van der Waals surface area contributed by atoms with E-state index in [0.29, 0.717) is 0 Å². The van der Waals surface area contributed by atoms with E-state index in [4.69, 9.17) is 15.3 Å². The van der Waals surface area contributed by atoms with Crippen molar-refractivity contribution in [2.24, 2.45) is 0 Å². The number of carboxylic acids is 1. The van der Waals surface area contributed by atoms with E-state index in [1.807, 2.05) is 6.42 Å². The SMILES string of the molecule is CC(O)C(=O)O.CCCCC[CH-]C(C)O.[Na+]. The first kappa shape index (κ1) is 21.7. The number of aliphatic hydroxyl groups excluding tert-OH is 2. The van der Waals surface area contributed by atoms with Crippen LogP contribution < -0.4 is 29.6 Å². The van der Waals surface area contributed by atoms with Crippen LogP contribution in [0.4, 0.5) is 0 Å². The molecule has 2 atom stereocenters. The van der Waals surface area contributed by atoms with E-state index in [9.17, 15) is 4.79 Å². The molecule has 0 fully saturated rings. The third kappa shape index (κ3) is 23.9. The molecule has 0 radical (unpaired) electrons. The van der Waals surface area contributed by atoms with Crippen molar-refractivity contribution in [3.8, 4) is 0 Å². The van der Waals surface area contributed by atoms with Crippen molar-refractivity contribution in [1.82, 2.24) is 0 Å². The Labute approximate surface area is 120 Å². The van der Waals surface area contributed by atoms with Gasteiger partial charge in [-0.05, 0) is 6.92 Å². The fourth-order valence-corrected chi connectivity index (χ4v) is 0.753. The van der Waals surface area contributed by atoms with Gasteiger partial charge in [0.15, 0.2) is 0 Å². The molecule has 0 rings (SSSR count). The number of rotatable bonds is 6. The molecule has 0 aliphatic carbocycles. The average molecular weight is 242 g/mol. The van der Waals surface area contributed by atoms with Gasteiger partial charge in [0.2, 0.25) is 0 Å². The molecule has 16 heavy (non-hydrogen) atoms. The molecule has 0 aliphatic rings. The van der Waals surface area contributed by atoms with Crippen molar-refractivity contribution in [2.75, 3.05) is 0 Å². The van der Waals surface area contributed by atoms with Gasteiger partial charge < -0.3 is 21.7 Å². The molecular weight excluding hydrogens is 219 g/mol. The molecule has 0 bridgehead atoms. The van der Waals surface area contributed by atoms with Crippen LogP contribution in [0.25, 0.3) is 0 Å². The van der Waals surface area contributed by atoms with E-state index in [1.54, 1.807) is 6.92 Å². The molecule has 4 nitrogen and oxygen atoms in total. The van der Waals surface area contributed by atoms with Crippen LogP contribution in [0.3, 0.4) is 0 Å². The van der Waals surface area contributed by atoms with Crippen LogP contribution >= 0.6 is 0 Å². The Morgan fingerprint density at radius 1 is 1.25 bits per heavy atom. The average Bonchev–Trinajstić information content (AvgIpc) is 2.13. The van der Waals surface area contributed by atoms with Gasteiger partial charge >= 0.3 is 35.5 Å². The largest absolute Gasteiger partial charge is 1.00 e. The molecule has 0 aromatic heterocycles. The Balaban J connectivity index is -0.000000214. The topological polar surface area (TPSA) is 77.8 Å². The van der Waals surface area contributed by atoms with Crippen LogP contribution in [-0.4, -0.2) is 33.5 Å². The van der Waals surface area contributed by atoms with Crippen LogP contribution in [0.5, 0.6) is 0 Å². The van der Waals surface area contributed by atoms with Gasteiger partial charge in [0.1, 0.15) is 6.10 Å². The fraction of sp³-hybridized carbons (Fsp3) is 0.818. The molecule has 0 amide bonds. The molecule has 0 heterocycles. The maximum absolute atomic E-state index is 9.45. The molecule has 0 saturated carbocycles. The summed E-state index contributed by atoms with van der Waals surface area (Å²) in [5.74, 6) is -1.19. The Bertz CT molecular complexity index is 149. The maximum atomic E-state index is 9.45. The first-order chi connectivity index (χ1) is 6.91. The zero-order valence-corrected chi connectivity index (χ0v) is 12.8. The van der Waals surface area contributed by atoms with Crippen LogP contribution in [-0.2, 0) is 4.79 Å². The molecule has 5 heteroatoms. The molecule has 2 unspecified atom stereocenters. The van der Waals surface area contributed by atoms with Crippen molar-refractivity contribution in [3.05, 3.63) is 6.42 Å². The molecule has 0 aromatic carbocycles. The third-order valence-corrected chi connectivity index (χ3v) is 1.67. The maximum Gasteiger partial charge on any atom is 1.00 e. The van der Waals surface area contributed by atoms with Crippen molar-refractivity contribution in [2.45, 2.75) is 58.7 Å².